The van der Waals surface area contributed by atoms with Crippen LogP contribution in [0.3, 0.4) is 0 Å². The number of ketones is 1. The molecule has 1 atom stereocenters. The highest BCUT2D eigenvalue weighted by Gasteiger charge is 2.26. The van der Waals surface area contributed by atoms with Crippen LogP contribution in [-0.2, 0) is 0 Å². The van der Waals surface area contributed by atoms with Crippen LogP contribution in [0.4, 0.5) is 0 Å². The number of thiophene rings is 1. The van der Waals surface area contributed by atoms with Gasteiger partial charge >= 0.3 is 0 Å². The summed E-state index contributed by atoms with van der Waals surface area (Å²) >= 11 is 3.51. The maximum atomic E-state index is 12.1. The van der Waals surface area contributed by atoms with Gasteiger partial charge in [0.15, 0.2) is 5.78 Å². The van der Waals surface area contributed by atoms with Crippen molar-refractivity contribution in [1.29, 1.82) is 0 Å². The van der Waals surface area contributed by atoms with E-state index in [1.807, 2.05) is 17.1 Å². The second kappa shape index (κ2) is 4.07. The molecule has 0 aliphatic carbocycles. The lowest BCUT2D eigenvalue weighted by Gasteiger charge is -2.06. The minimum Gasteiger partial charge on any atom is -0.293 e. The Morgan fingerprint density at radius 2 is 2.29 bits per heavy atom. The van der Waals surface area contributed by atoms with Crippen molar-refractivity contribution >= 4 is 28.9 Å². The molecule has 0 aromatic carbocycles. The highest BCUT2D eigenvalue weighted by Crippen LogP contribution is 2.31. The molecule has 3 heteroatoms. The van der Waals surface area contributed by atoms with Gasteiger partial charge in [-0.15, -0.1) is 11.3 Å². The fourth-order valence-electron chi connectivity index (χ4n) is 1.71. The zero-order chi connectivity index (χ0) is 10.1. The van der Waals surface area contributed by atoms with Crippen LogP contribution in [0.15, 0.2) is 5.38 Å². The average molecular weight is 226 g/mol. The predicted molar refractivity (Wildman–Crippen MR) is 63.6 cm³/mol. The van der Waals surface area contributed by atoms with Gasteiger partial charge in [-0.05, 0) is 38.0 Å². The third-order valence-electron chi connectivity index (χ3n) is 2.77. The predicted octanol–water partition coefficient (Wildman–Crippen LogP) is 3.44. The first kappa shape index (κ1) is 10.2. The second-order valence-electron chi connectivity index (χ2n) is 3.70. The van der Waals surface area contributed by atoms with Gasteiger partial charge in [0.25, 0.3) is 0 Å². The first-order valence-corrected chi connectivity index (χ1v) is 6.83. The number of aryl methyl sites for hydroxylation is 1. The van der Waals surface area contributed by atoms with E-state index in [0.717, 1.165) is 17.7 Å². The Balaban J connectivity index is 2.22. The van der Waals surface area contributed by atoms with Crippen LogP contribution in [0, 0.1) is 13.8 Å². The van der Waals surface area contributed by atoms with Crippen LogP contribution in [0.25, 0.3) is 0 Å². The van der Waals surface area contributed by atoms with Crippen molar-refractivity contribution in [3.05, 3.63) is 21.4 Å². The van der Waals surface area contributed by atoms with Gasteiger partial charge in [-0.2, -0.15) is 11.8 Å². The summed E-state index contributed by atoms with van der Waals surface area (Å²) in [4.78, 5) is 13.3. The van der Waals surface area contributed by atoms with Crippen LogP contribution < -0.4 is 0 Å². The third-order valence-corrected chi connectivity index (χ3v) is 5.16. The molecule has 0 amide bonds. The minimum absolute atomic E-state index is 0.239. The number of Topliss-reactive ketones (excluding diaryl/α,β-unsaturated/α-hetero) is 1. The molecule has 14 heavy (non-hydrogen) atoms. The summed E-state index contributed by atoms with van der Waals surface area (Å²) in [6, 6.07) is 0. The molecule has 0 spiro atoms. The third kappa shape index (κ3) is 1.75. The molecule has 2 rings (SSSR count). The molecule has 1 aliphatic rings. The lowest BCUT2D eigenvalue weighted by atomic mass is 10.0. The topological polar surface area (TPSA) is 17.1 Å². The Hall–Kier alpha value is -0.280. The van der Waals surface area contributed by atoms with E-state index in [-0.39, 0.29) is 5.25 Å². The van der Waals surface area contributed by atoms with Gasteiger partial charge in [0.05, 0.1) is 5.25 Å². The zero-order valence-corrected chi connectivity index (χ0v) is 10.1. The van der Waals surface area contributed by atoms with Crippen molar-refractivity contribution in [3.8, 4) is 0 Å². The van der Waals surface area contributed by atoms with Crippen LogP contribution in [-0.4, -0.2) is 16.8 Å². The number of carbonyl (C=O) groups excluding carboxylic acids is 1. The summed E-state index contributed by atoms with van der Waals surface area (Å²) in [6.45, 7) is 4.14. The van der Waals surface area contributed by atoms with E-state index >= 15 is 0 Å². The van der Waals surface area contributed by atoms with Crippen molar-refractivity contribution in [3.63, 3.8) is 0 Å². The number of hydrogen-bond acceptors (Lipinski definition) is 3. The maximum absolute atomic E-state index is 12.1. The lowest BCUT2D eigenvalue weighted by Crippen LogP contribution is -2.14. The van der Waals surface area contributed by atoms with Gasteiger partial charge < -0.3 is 0 Å². The molecule has 1 aromatic rings. The highest BCUT2D eigenvalue weighted by atomic mass is 32.2. The molecule has 1 saturated heterocycles. The Morgan fingerprint density at radius 1 is 1.50 bits per heavy atom. The van der Waals surface area contributed by atoms with Crippen LogP contribution >= 0.6 is 23.1 Å². The van der Waals surface area contributed by atoms with Crippen LogP contribution in [0.5, 0.6) is 0 Å². The van der Waals surface area contributed by atoms with Crippen LogP contribution in [0.2, 0.25) is 0 Å². The van der Waals surface area contributed by atoms with E-state index in [1.54, 1.807) is 11.3 Å². The first-order valence-electron chi connectivity index (χ1n) is 4.90. The first-order chi connectivity index (χ1) is 6.70. The quantitative estimate of drug-likeness (QED) is 0.719. The molecular formula is C11H14OS2. The molecule has 1 nitrogen and oxygen atoms in total. The lowest BCUT2D eigenvalue weighted by molar-refractivity contribution is 0.0988. The monoisotopic (exact) mass is 226 g/mol. The average Bonchev–Trinajstić information content (AvgIpc) is 2.77. The minimum atomic E-state index is 0.239. The molecule has 76 valence electrons. The Labute approximate surface area is 92.9 Å². The normalized spacial score (nSPS) is 21.4. The Morgan fingerprint density at radius 3 is 2.79 bits per heavy atom. The zero-order valence-electron chi connectivity index (χ0n) is 8.50. The molecule has 0 radical (unpaired) electrons. The summed E-state index contributed by atoms with van der Waals surface area (Å²) in [5.41, 5.74) is 2.15. The highest BCUT2D eigenvalue weighted by molar-refractivity contribution is 8.00. The fraction of sp³-hybridized carbons (Fsp3) is 0.545. The molecule has 1 aliphatic heterocycles. The summed E-state index contributed by atoms with van der Waals surface area (Å²) < 4.78 is 0. The number of thioether (sulfide) groups is 1. The van der Waals surface area contributed by atoms with Crippen LogP contribution in [0.1, 0.15) is 33.6 Å². The summed E-state index contributed by atoms with van der Waals surface area (Å²) in [6.07, 6.45) is 2.26. The van der Waals surface area contributed by atoms with E-state index in [2.05, 4.69) is 13.8 Å². The number of rotatable bonds is 2. The molecule has 0 N–H and O–H groups in total. The van der Waals surface area contributed by atoms with Crippen molar-refractivity contribution in [2.75, 3.05) is 5.75 Å². The van der Waals surface area contributed by atoms with Crippen molar-refractivity contribution < 1.29 is 4.79 Å². The largest absolute Gasteiger partial charge is 0.293 e. The Bertz CT molecular complexity index is 348. The van der Waals surface area contributed by atoms with E-state index < -0.39 is 0 Å². The standard InChI is InChI=1S/C11H14OS2/c1-7-8(2)14-6-9(7)11(12)10-4-3-5-13-10/h6,10H,3-5H2,1-2H3. The van der Waals surface area contributed by atoms with Crippen molar-refractivity contribution in [2.24, 2.45) is 0 Å². The molecule has 1 aromatic heterocycles. The second-order valence-corrected chi connectivity index (χ2v) is 6.09. The molecule has 2 heterocycles. The van der Waals surface area contributed by atoms with E-state index in [0.29, 0.717) is 5.78 Å². The van der Waals surface area contributed by atoms with E-state index in [9.17, 15) is 4.79 Å². The van der Waals surface area contributed by atoms with Crippen molar-refractivity contribution in [1.82, 2.24) is 0 Å². The Kier molecular flexibility index (Phi) is 2.98. The maximum Gasteiger partial charge on any atom is 0.176 e. The SMILES string of the molecule is Cc1scc(C(=O)C2CCCS2)c1C. The molecule has 0 bridgehead atoms. The molecule has 1 unspecified atom stereocenters. The number of hydrogen-bond donors (Lipinski definition) is 0. The fourth-order valence-corrected chi connectivity index (χ4v) is 3.82. The molecule has 0 saturated carbocycles. The molecular weight excluding hydrogens is 212 g/mol. The molecule has 1 fully saturated rings. The van der Waals surface area contributed by atoms with E-state index in [1.165, 1.54) is 16.9 Å². The smallest absolute Gasteiger partial charge is 0.176 e. The van der Waals surface area contributed by atoms with Gasteiger partial charge in [-0.3, -0.25) is 4.79 Å². The van der Waals surface area contributed by atoms with E-state index in [4.69, 9.17) is 0 Å². The van der Waals surface area contributed by atoms with Gasteiger partial charge in [-0.25, -0.2) is 0 Å². The van der Waals surface area contributed by atoms with Gasteiger partial charge in [0.2, 0.25) is 0 Å². The van der Waals surface area contributed by atoms with Gasteiger partial charge in [0, 0.05) is 15.8 Å². The van der Waals surface area contributed by atoms with Gasteiger partial charge in [0.1, 0.15) is 0 Å². The number of carbonyl (C=O) groups is 1. The summed E-state index contributed by atoms with van der Waals surface area (Å²) in [5, 5.41) is 2.26. The summed E-state index contributed by atoms with van der Waals surface area (Å²) in [5.74, 6) is 1.51. The summed E-state index contributed by atoms with van der Waals surface area (Å²) in [7, 11) is 0. The van der Waals surface area contributed by atoms with Crippen molar-refractivity contribution in [2.45, 2.75) is 31.9 Å². The van der Waals surface area contributed by atoms with Gasteiger partial charge in [-0.1, -0.05) is 0 Å².